The molecule has 0 radical (unpaired) electrons. The summed E-state index contributed by atoms with van der Waals surface area (Å²) in [6.45, 7) is 4.31. The van der Waals surface area contributed by atoms with Crippen LogP contribution in [-0.2, 0) is 10.0 Å². The van der Waals surface area contributed by atoms with E-state index in [1.54, 1.807) is 17.0 Å². The minimum Gasteiger partial charge on any atom is -0.360 e. The summed E-state index contributed by atoms with van der Waals surface area (Å²) in [7, 11) is -1.31. The number of likely N-dealkylation sites (N-methyl/N-ethyl adjacent to an activating group) is 1. The van der Waals surface area contributed by atoms with Crippen LogP contribution in [0.15, 0.2) is 44.4 Å². The Labute approximate surface area is 149 Å². The first-order valence-electron chi connectivity index (χ1n) is 7.38. The molecule has 2 N–H and O–H groups in total. The molecule has 8 heteroatoms. The average Bonchev–Trinajstić information content (AvgIpc) is 2.96. The van der Waals surface area contributed by atoms with Gasteiger partial charge in [-0.1, -0.05) is 0 Å². The van der Waals surface area contributed by atoms with Crippen LogP contribution in [-0.4, -0.2) is 41.6 Å². The molecule has 0 unspecified atom stereocenters. The van der Waals surface area contributed by atoms with Gasteiger partial charge in [0, 0.05) is 11.4 Å². The monoisotopic (exact) mass is 416 g/mol. The standard InChI is InChI=1S/C15H18BrN3O2S2/c1-18-8-10-19(11-9-18)13-4-2-12(3-5-13)17-23(20,21)15-7-6-14(16)22-15/h2-7,17H,8-11H2,1H3/p+1. The maximum atomic E-state index is 12.3. The summed E-state index contributed by atoms with van der Waals surface area (Å²) in [5, 5.41) is 0. The van der Waals surface area contributed by atoms with Gasteiger partial charge in [-0.3, -0.25) is 4.72 Å². The van der Waals surface area contributed by atoms with Gasteiger partial charge in [0.25, 0.3) is 10.0 Å². The van der Waals surface area contributed by atoms with E-state index in [0.29, 0.717) is 9.90 Å². The molecule has 23 heavy (non-hydrogen) atoms. The molecule has 1 saturated heterocycles. The third-order valence-corrected chi connectivity index (χ3v) is 7.41. The molecular formula is C15H19BrN3O2S2+. The Balaban J connectivity index is 1.70. The van der Waals surface area contributed by atoms with E-state index in [2.05, 4.69) is 32.6 Å². The fraction of sp³-hybridized carbons (Fsp3) is 0.333. The number of piperazine rings is 1. The van der Waals surface area contributed by atoms with Gasteiger partial charge in [0.2, 0.25) is 0 Å². The fourth-order valence-corrected chi connectivity index (χ4v) is 5.60. The SMILES string of the molecule is C[NH+]1CCN(c2ccc(NS(=O)(=O)c3ccc(Br)s3)cc2)CC1. The largest absolute Gasteiger partial charge is 0.360 e. The van der Waals surface area contributed by atoms with Crippen molar-refractivity contribution in [2.24, 2.45) is 0 Å². The lowest BCUT2D eigenvalue weighted by Gasteiger charge is -2.31. The van der Waals surface area contributed by atoms with Crippen molar-refractivity contribution < 1.29 is 13.3 Å². The summed E-state index contributed by atoms with van der Waals surface area (Å²) in [4.78, 5) is 3.88. The Bertz CT molecular complexity index is 766. The summed E-state index contributed by atoms with van der Waals surface area (Å²) < 4.78 is 28.3. The predicted molar refractivity (Wildman–Crippen MR) is 98.1 cm³/mol. The van der Waals surface area contributed by atoms with E-state index < -0.39 is 10.0 Å². The second-order valence-electron chi connectivity index (χ2n) is 5.66. The van der Waals surface area contributed by atoms with Crippen LogP contribution in [0.5, 0.6) is 0 Å². The number of benzene rings is 1. The highest BCUT2D eigenvalue weighted by molar-refractivity contribution is 9.11. The summed E-state index contributed by atoms with van der Waals surface area (Å²) >= 11 is 4.48. The molecule has 0 amide bonds. The third-order valence-electron chi connectivity index (χ3n) is 3.92. The second-order valence-corrected chi connectivity index (χ2v) is 10.0. The molecule has 2 heterocycles. The van der Waals surface area contributed by atoms with Crippen LogP contribution in [0.4, 0.5) is 11.4 Å². The first kappa shape index (κ1) is 16.8. The first-order chi connectivity index (χ1) is 10.9. The normalized spacial score (nSPS) is 16.5. The number of rotatable bonds is 4. The molecule has 1 aromatic carbocycles. The Hall–Kier alpha value is -1.09. The number of thiophene rings is 1. The first-order valence-corrected chi connectivity index (χ1v) is 10.5. The number of nitrogens with zero attached hydrogens (tertiary/aromatic N) is 1. The van der Waals surface area contributed by atoms with Crippen LogP contribution in [0.25, 0.3) is 0 Å². The molecule has 0 saturated carbocycles. The molecule has 0 atom stereocenters. The molecule has 0 aliphatic carbocycles. The molecule has 1 aliphatic rings. The molecule has 5 nitrogen and oxygen atoms in total. The molecule has 0 spiro atoms. The van der Waals surface area contributed by atoms with E-state index in [1.807, 2.05) is 24.3 Å². The number of anilines is 2. The Morgan fingerprint density at radius 3 is 2.35 bits per heavy atom. The van der Waals surface area contributed by atoms with Crippen molar-refractivity contribution >= 4 is 48.7 Å². The maximum absolute atomic E-state index is 12.3. The number of sulfonamides is 1. The second kappa shape index (κ2) is 6.80. The minimum absolute atomic E-state index is 0.301. The summed E-state index contributed by atoms with van der Waals surface area (Å²) in [6, 6.07) is 10.9. The van der Waals surface area contributed by atoms with Crippen molar-refractivity contribution in [3.05, 3.63) is 40.2 Å². The van der Waals surface area contributed by atoms with Crippen LogP contribution in [0.3, 0.4) is 0 Å². The zero-order chi connectivity index (χ0) is 16.4. The number of halogens is 1. The van der Waals surface area contributed by atoms with Crippen LogP contribution in [0, 0.1) is 0 Å². The predicted octanol–water partition coefficient (Wildman–Crippen LogP) is 1.65. The van der Waals surface area contributed by atoms with Gasteiger partial charge in [0.1, 0.15) is 4.21 Å². The van der Waals surface area contributed by atoms with Crippen LogP contribution in [0.1, 0.15) is 0 Å². The lowest BCUT2D eigenvalue weighted by atomic mass is 10.2. The van der Waals surface area contributed by atoms with E-state index in [4.69, 9.17) is 0 Å². The van der Waals surface area contributed by atoms with Crippen molar-refractivity contribution in [3.63, 3.8) is 0 Å². The van der Waals surface area contributed by atoms with Gasteiger partial charge in [-0.25, -0.2) is 8.42 Å². The number of nitrogens with one attached hydrogen (secondary N) is 2. The van der Waals surface area contributed by atoms with Crippen LogP contribution < -0.4 is 14.5 Å². The van der Waals surface area contributed by atoms with Gasteiger partial charge in [0.05, 0.1) is 37.0 Å². The van der Waals surface area contributed by atoms with E-state index in [9.17, 15) is 8.42 Å². The van der Waals surface area contributed by atoms with Crippen molar-refractivity contribution in [3.8, 4) is 0 Å². The van der Waals surface area contributed by atoms with E-state index >= 15 is 0 Å². The highest BCUT2D eigenvalue weighted by Gasteiger charge is 2.18. The van der Waals surface area contributed by atoms with Gasteiger partial charge in [-0.15, -0.1) is 11.3 Å². The molecule has 1 aliphatic heterocycles. The van der Waals surface area contributed by atoms with E-state index in [0.717, 1.165) is 35.7 Å². The smallest absolute Gasteiger partial charge is 0.271 e. The van der Waals surface area contributed by atoms with Gasteiger partial charge >= 0.3 is 0 Å². The zero-order valence-corrected chi connectivity index (χ0v) is 16.0. The molecule has 0 bridgehead atoms. The van der Waals surface area contributed by atoms with Crippen molar-refractivity contribution in [1.82, 2.24) is 0 Å². The summed E-state index contributed by atoms with van der Waals surface area (Å²) in [5.74, 6) is 0. The molecule has 1 fully saturated rings. The summed E-state index contributed by atoms with van der Waals surface area (Å²) in [5.41, 5.74) is 1.72. The molecule has 2 aromatic rings. The highest BCUT2D eigenvalue weighted by Crippen LogP contribution is 2.28. The average molecular weight is 417 g/mol. The quantitative estimate of drug-likeness (QED) is 0.796. The number of hydrogen-bond donors (Lipinski definition) is 2. The van der Waals surface area contributed by atoms with E-state index in [-0.39, 0.29) is 0 Å². The van der Waals surface area contributed by atoms with E-state index in [1.165, 1.54) is 11.3 Å². The molecule has 1 aromatic heterocycles. The number of quaternary nitrogens is 1. The fourth-order valence-electron chi connectivity index (χ4n) is 2.53. The molecule has 3 rings (SSSR count). The lowest BCUT2D eigenvalue weighted by molar-refractivity contribution is -0.880. The summed E-state index contributed by atoms with van der Waals surface area (Å²) in [6.07, 6.45) is 0. The van der Waals surface area contributed by atoms with Crippen LogP contribution in [0.2, 0.25) is 0 Å². The third kappa shape index (κ3) is 4.06. The van der Waals surface area contributed by atoms with Gasteiger partial charge in [-0.05, 0) is 52.3 Å². The Kier molecular flexibility index (Phi) is 4.96. The van der Waals surface area contributed by atoms with Gasteiger partial charge in [-0.2, -0.15) is 0 Å². The minimum atomic E-state index is -3.52. The molecular weight excluding hydrogens is 398 g/mol. The van der Waals surface area contributed by atoms with Crippen LogP contribution >= 0.6 is 27.3 Å². The van der Waals surface area contributed by atoms with Crippen molar-refractivity contribution in [2.45, 2.75) is 4.21 Å². The van der Waals surface area contributed by atoms with Gasteiger partial charge < -0.3 is 9.80 Å². The number of hydrogen-bond acceptors (Lipinski definition) is 4. The lowest BCUT2D eigenvalue weighted by Crippen LogP contribution is -3.12. The highest BCUT2D eigenvalue weighted by atomic mass is 79.9. The zero-order valence-electron chi connectivity index (χ0n) is 12.8. The molecule has 124 valence electrons. The topological polar surface area (TPSA) is 53.9 Å². The Morgan fingerprint density at radius 1 is 1.13 bits per heavy atom. The van der Waals surface area contributed by atoms with Crippen molar-refractivity contribution in [1.29, 1.82) is 0 Å². The van der Waals surface area contributed by atoms with Gasteiger partial charge in [0.15, 0.2) is 0 Å². The Morgan fingerprint density at radius 2 is 1.78 bits per heavy atom. The van der Waals surface area contributed by atoms with Crippen molar-refractivity contribution in [2.75, 3.05) is 42.8 Å². The maximum Gasteiger partial charge on any atom is 0.271 e.